The Morgan fingerprint density at radius 1 is 0.938 bits per heavy atom. The first kappa shape index (κ1) is 20.1. The molecule has 5 rings (SSSR count). The van der Waals surface area contributed by atoms with Crippen molar-refractivity contribution in [2.75, 3.05) is 13.2 Å². The summed E-state index contributed by atoms with van der Waals surface area (Å²) in [6, 6.07) is 22.2. The molecule has 0 spiro atoms. The number of hydrogen-bond donors (Lipinski definition) is 0. The van der Waals surface area contributed by atoms with Crippen LogP contribution in [0.5, 0.6) is 11.5 Å². The van der Waals surface area contributed by atoms with E-state index >= 15 is 0 Å². The van der Waals surface area contributed by atoms with Crippen LogP contribution >= 0.6 is 11.8 Å². The van der Waals surface area contributed by atoms with Crippen molar-refractivity contribution in [3.63, 3.8) is 0 Å². The number of nitro groups is 1. The van der Waals surface area contributed by atoms with Crippen molar-refractivity contribution >= 4 is 17.4 Å². The first-order valence-corrected chi connectivity index (χ1v) is 11.0. The number of benzene rings is 3. The predicted molar refractivity (Wildman–Crippen MR) is 120 cm³/mol. The second kappa shape index (κ2) is 8.72. The smallest absolute Gasteiger partial charge is 0.273 e. The van der Waals surface area contributed by atoms with Gasteiger partial charge in [-0.15, -0.1) is 10.2 Å². The number of nitrogens with zero attached hydrogens (tertiary/aromatic N) is 4. The maximum atomic E-state index is 11.4. The van der Waals surface area contributed by atoms with Crippen LogP contribution in [0.4, 0.5) is 5.69 Å². The molecule has 2 heterocycles. The van der Waals surface area contributed by atoms with Gasteiger partial charge >= 0.3 is 0 Å². The number of fused-ring (bicyclic) bond motifs is 1. The fourth-order valence-electron chi connectivity index (χ4n) is 3.50. The van der Waals surface area contributed by atoms with Gasteiger partial charge in [0, 0.05) is 28.6 Å². The molecule has 0 saturated heterocycles. The Labute approximate surface area is 188 Å². The Morgan fingerprint density at radius 2 is 1.69 bits per heavy atom. The van der Waals surface area contributed by atoms with Crippen molar-refractivity contribution in [2.24, 2.45) is 0 Å². The lowest BCUT2D eigenvalue weighted by Gasteiger charge is -2.19. The molecule has 4 aromatic rings. The van der Waals surface area contributed by atoms with E-state index in [1.54, 1.807) is 18.2 Å². The largest absolute Gasteiger partial charge is 0.486 e. The lowest BCUT2D eigenvalue weighted by molar-refractivity contribution is -0.385. The van der Waals surface area contributed by atoms with E-state index in [1.165, 1.54) is 17.8 Å². The highest BCUT2D eigenvalue weighted by atomic mass is 32.2. The third kappa shape index (κ3) is 3.90. The first-order chi connectivity index (χ1) is 15.7. The van der Waals surface area contributed by atoms with Crippen LogP contribution in [-0.2, 0) is 5.75 Å². The van der Waals surface area contributed by atoms with E-state index in [0.29, 0.717) is 47.0 Å². The van der Waals surface area contributed by atoms with Gasteiger partial charge in [0.15, 0.2) is 22.5 Å². The summed E-state index contributed by atoms with van der Waals surface area (Å²) in [6.07, 6.45) is 0. The number of nitro benzene ring substituents is 1. The molecule has 0 N–H and O–H groups in total. The Morgan fingerprint density at radius 3 is 2.50 bits per heavy atom. The quantitative estimate of drug-likeness (QED) is 0.236. The van der Waals surface area contributed by atoms with Crippen molar-refractivity contribution in [1.82, 2.24) is 14.8 Å². The fraction of sp³-hybridized carbons (Fsp3) is 0.130. The number of hydrogen-bond acceptors (Lipinski definition) is 7. The summed E-state index contributed by atoms with van der Waals surface area (Å²) in [7, 11) is 0. The second-order valence-electron chi connectivity index (χ2n) is 7.01. The van der Waals surface area contributed by atoms with Gasteiger partial charge in [0.05, 0.1) is 4.92 Å². The zero-order valence-corrected chi connectivity index (χ0v) is 17.7. The highest BCUT2D eigenvalue weighted by Gasteiger charge is 2.20. The molecule has 0 fully saturated rings. The Kier molecular flexibility index (Phi) is 5.47. The van der Waals surface area contributed by atoms with Crippen LogP contribution in [0.3, 0.4) is 0 Å². The van der Waals surface area contributed by atoms with Gasteiger partial charge in [0.1, 0.15) is 13.2 Å². The molecule has 0 atom stereocenters. The number of para-hydroxylation sites is 2. The van der Waals surface area contributed by atoms with Gasteiger partial charge in [-0.25, -0.2) is 0 Å². The van der Waals surface area contributed by atoms with E-state index in [4.69, 9.17) is 9.47 Å². The molecule has 0 bridgehead atoms. The summed E-state index contributed by atoms with van der Waals surface area (Å²) in [5, 5.41) is 20.9. The SMILES string of the molecule is O=[N+]([O-])c1ccccc1CSc1nnc(-c2ccc3c(c2)OCCO3)n1-c1ccccc1. The number of rotatable bonds is 6. The first-order valence-electron chi connectivity index (χ1n) is 9.96. The maximum absolute atomic E-state index is 11.4. The van der Waals surface area contributed by atoms with Crippen molar-refractivity contribution in [3.8, 4) is 28.6 Å². The molecule has 32 heavy (non-hydrogen) atoms. The minimum atomic E-state index is -0.363. The summed E-state index contributed by atoms with van der Waals surface area (Å²) in [4.78, 5) is 11.0. The van der Waals surface area contributed by atoms with Gasteiger partial charge in [-0.2, -0.15) is 0 Å². The molecule has 160 valence electrons. The van der Waals surface area contributed by atoms with Gasteiger partial charge in [0.25, 0.3) is 5.69 Å². The Hall–Kier alpha value is -3.85. The molecule has 9 heteroatoms. The molecule has 0 saturated carbocycles. The molecule has 1 aromatic heterocycles. The molecule has 3 aromatic carbocycles. The highest BCUT2D eigenvalue weighted by molar-refractivity contribution is 7.98. The Balaban J connectivity index is 1.53. The van der Waals surface area contributed by atoms with Crippen molar-refractivity contribution in [1.29, 1.82) is 0 Å². The van der Waals surface area contributed by atoms with Gasteiger partial charge in [-0.05, 0) is 30.3 Å². The molecule has 0 radical (unpaired) electrons. The standard InChI is InChI=1S/C23H18N4O4S/c28-27(29)19-9-5-4-6-17(19)15-32-23-25-24-22(26(23)18-7-2-1-3-8-18)16-10-11-20-21(14-16)31-13-12-30-20/h1-11,14H,12-13,15H2. The number of ether oxygens (including phenoxy) is 2. The van der Waals surface area contributed by atoms with E-state index in [-0.39, 0.29) is 10.6 Å². The number of aromatic nitrogens is 3. The monoisotopic (exact) mass is 446 g/mol. The second-order valence-corrected chi connectivity index (χ2v) is 7.95. The van der Waals surface area contributed by atoms with Crippen LogP contribution in [0.2, 0.25) is 0 Å². The van der Waals surface area contributed by atoms with E-state index in [2.05, 4.69) is 10.2 Å². The van der Waals surface area contributed by atoms with Crippen LogP contribution in [0.15, 0.2) is 78.0 Å². The summed E-state index contributed by atoms with van der Waals surface area (Å²) < 4.78 is 13.3. The molecular weight excluding hydrogens is 428 g/mol. The molecule has 0 unspecified atom stereocenters. The minimum absolute atomic E-state index is 0.0952. The minimum Gasteiger partial charge on any atom is -0.486 e. The summed E-state index contributed by atoms with van der Waals surface area (Å²) in [5.74, 6) is 2.42. The highest BCUT2D eigenvalue weighted by Crippen LogP contribution is 2.36. The van der Waals surface area contributed by atoms with Gasteiger partial charge in [-0.1, -0.05) is 48.2 Å². The predicted octanol–water partition coefficient (Wildman–Crippen LogP) is 4.91. The summed E-state index contributed by atoms with van der Waals surface area (Å²) >= 11 is 1.40. The average molecular weight is 446 g/mol. The molecular formula is C23H18N4O4S. The van der Waals surface area contributed by atoms with Crippen LogP contribution in [0, 0.1) is 10.1 Å². The third-order valence-corrected chi connectivity index (χ3v) is 5.97. The van der Waals surface area contributed by atoms with Crippen molar-refractivity contribution in [2.45, 2.75) is 10.9 Å². The zero-order valence-electron chi connectivity index (χ0n) is 16.9. The van der Waals surface area contributed by atoms with Crippen LogP contribution in [0.25, 0.3) is 17.1 Å². The molecule has 8 nitrogen and oxygen atoms in total. The maximum Gasteiger partial charge on any atom is 0.273 e. The average Bonchev–Trinajstić information content (AvgIpc) is 3.27. The van der Waals surface area contributed by atoms with Crippen molar-refractivity contribution in [3.05, 3.63) is 88.5 Å². The van der Waals surface area contributed by atoms with Gasteiger partial charge in [0.2, 0.25) is 0 Å². The zero-order chi connectivity index (χ0) is 21.9. The van der Waals surface area contributed by atoms with E-state index in [1.807, 2.05) is 53.1 Å². The molecule has 1 aliphatic rings. The molecule has 1 aliphatic heterocycles. The Bertz CT molecular complexity index is 1280. The van der Waals surface area contributed by atoms with Gasteiger partial charge < -0.3 is 9.47 Å². The van der Waals surface area contributed by atoms with Crippen LogP contribution < -0.4 is 9.47 Å². The fourth-order valence-corrected chi connectivity index (χ4v) is 4.44. The van der Waals surface area contributed by atoms with Crippen LogP contribution in [-0.4, -0.2) is 32.9 Å². The molecule has 0 aliphatic carbocycles. The van der Waals surface area contributed by atoms with Crippen molar-refractivity contribution < 1.29 is 14.4 Å². The van der Waals surface area contributed by atoms with Gasteiger partial charge in [-0.3, -0.25) is 14.7 Å². The van der Waals surface area contributed by atoms with Crippen LogP contribution in [0.1, 0.15) is 5.56 Å². The number of thioether (sulfide) groups is 1. The molecule has 0 amide bonds. The topological polar surface area (TPSA) is 92.3 Å². The van der Waals surface area contributed by atoms with E-state index in [0.717, 1.165) is 11.3 Å². The summed E-state index contributed by atoms with van der Waals surface area (Å²) in [5.41, 5.74) is 2.46. The lowest BCUT2D eigenvalue weighted by atomic mass is 10.1. The normalized spacial score (nSPS) is 12.5. The van der Waals surface area contributed by atoms with E-state index in [9.17, 15) is 10.1 Å². The lowest BCUT2D eigenvalue weighted by Crippen LogP contribution is -2.15. The summed E-state index contributed by atoms with van der Waals surface area (Å²) in [6.45, 7) is 1.03. The third-order valence-electron chi connectivity index (χ3n) is 4.99. The van der Waals surface area contributed by atoms with E-state index < -0.39 is 0 Å².